The van der Waals surface area contributed by atoms with E-state index in [1.807, 2.05) is 0 Å². The molecule has 2 rings (SSSR count). The van der Waals surface area contributed by atoms with E-state index in [-0.39, 0.29) is 29.1 Å². The Morgan fingerprint density at radius 2 is 2.26 bits per heavy atom. The summed E-state index contributed by atoms with van der Waals surface area (Å²) in [4.78, 5) is 21.8. The van der Waals surface area contributed by atoms with Crippen molar-refractivity contribution in [3.63, 3.8) is 0 Å². The molecule has 0 unspecified atom stereocenters. The first kappa shape index (κ1) is 13.3. The van der Waals surface area contributed by atoms with Gasteiger partial charge in [0.05, 0.1) is 22.7 Å². The van der Waals surface area contributed by atoms with Crippen LogP contribution in [0.5, 0.6) is 5.75 Å². The number of anilines is 1. The first-order chi connectivity index (χ1) is 9.08. The number of nitro groups is 1. The van der Waals surface area contributed by atoms with Gasteiger partial charge >= 0.3 is 0 Å². The van der Waals surface area contributed by atoms with Gasteiger partial charge in [-0.05, 0) is 25.5 Å². The zero-order valence-electron chi connectivity index (χ0n) is 10.3. The fourth-order valence-electron chi connectivity index (χ4n) is 2.03. The fraction of sp³-hybridized carbons (Fsp3) is 0.417. The third-order valence-corrected chi connectivity index (χ3v) is 3.08. The van der Waals surface area contributed by atoms with Crippen LogP contribution < -0.4 is 10.6 Å². The van der Waals surface area contributed by atoms with Gasteiger partial charge in [0.1, 0.15) is 5.75 Å². The van der Waals surface area contributed by atoms with Gasteiger partial charge in [-0.1, -0.05) is 6.42 Å². The molecule has 1 aromatic rings. The van der Waals surface area contributed by atoms with Gasteiger partial charge in [0.2, 0.25) is 5.91 Å². The lowest BCUT2D eigenvalue weighted by Crippen LogP contribution is -2.43. The van der Waals surface area contributed by atoms with E-state index in [2.05, 4.69) is 10.6 Å². The number of phenols is 1. The number of benzene rings is 1. The summed E-state index contributed by atoms with van der Waals surface area (Å²) in [6.07, 6.45) is 2.78. The fourth-order valence-corrected chi connectivity index (χ4v) is 2.03. The lowest BCUT2D eigenvalue weighted by atomic mass is 10.0. The molecule has 0 aliphatic carbocycles. The molecule has 1 saturated heterocycles. The zero-order chi connectivity index (χ0) is 13.8. The summed E-state index contributed by atoms with van der Waals surface area (Å²) in [6.45, 7) is 0.796. The number of hydrogen-bond donors (Lipinski definition) is 3. The number of piperidine rings is 1. The van der Waals surface area contributed by atoms with Crippen molar-refractivity contribution in [2.75, 3.05) is 11.9 Å². The molecule has 102 valence electrons. The van der Waals surface area contributed by atoms with Gasteiger partial charge in [-0.2, -0.15) is 0 Å². The largest absolute Gasteiger partial charge is 0.506 e. The molecule has 1 atom stereocenters. The van der Waals surface area contributed by atoms with Crippen LogP contribution >= 0.6 is 0 Å². The van der Waals surface area contributed by atoms with Crippen molar-refractivity contribution in [1.29, 1.82) is 0 Å². The molecule has 7 heteroatoms. The highest BCUT2D eigenvalue weighted by atomic mass is 16.6. The molecule has 0 aromatic heterocycles. The molecule has 1 heterocycles. The van der Waals surface area contributed by atoms with Crippen LogP contribution in [-0.4, -0.2) is 28.5 Å². The highest BCUT2D eigenvalue weighted by molar-refractivity contribution is 5.96. The van der Waals surface area contributed by atoms with Gasteiger partial charge in [-0.15, -0.1) is 0 Å². The van der Waals surface area contributed by atoms with Crippen LogP contribution in [0.25, 0.3) is 0 Å². The summed E-state index contributed by atoms with van der Waals surface area (Å²) in [5.74, 6) is -0.540. The Labute approximate surface area is 109 Å². The minimum atomic E-state index is -0.603. The van der Waals surface area contributed by atoms with E-state index in [1.54, 1.807) is 0 Å². The predicted molar refractivity (Wildman–Crippen MR) is 69.0 cm³/mol. The predicted octanol–water partition coefficient (Wildman–Crippen LogP) is 1.38. The first-order valence-electron chi connectivity index (χ1n) is 6.09. The Morgan fingerprint density at radius 3 is 2.84 bits per heavy atom. The second kappa shape index (κ2) is 5.66. The summed E-state index contributed by atoms with van der Waals surface area (Å²) in [6, 6.07) is 3.31. The second-order valence-corrected chi connectivity index (χ2v) is 4.45. The Morgan fingerprint density at radius 1 is 1.47 bits per heavy atom. The molecule has 0 radical (unpaired) electrons. The van der Waals surface area contributed by atoms with E-state index in [0.717, 1.165) is 31.9 Å². The smallest absolute Gasteiger partial charge is 0.273 e. The van der Waals surface area contributed by atoms with Gasteiger partial charge in [0.25, 0.3) is 5.69 Å². The Kier molecular flexibility index (Phi) is 3.96. The molecule has 1 aromatic carbocycles. The normalized spacial score (nSPS) is 18.8. The molecule has 1 amide bonds. The maximum absolute atomic E-state index is 11.9. The number of nitrogens with one attached hydrogen (secondary N) is 2. The maximum Gasteiger partial charge on any atom is 0.273 e. The molecular formula is C12H15N3O4. The number of hydrogen-bond acceptors (Lipinski definition) is 5. The first-order valence-corrected chi connectivity index (χ1v) is 6.09. The molecule has 0 bridgehead atoms. The van der Waals surface area contributed by atoms with Crippen LogP contribution in [0.1, 0.15) is 19.3 Å². The van der Waals surface area contributed by atoms with Crippen molar-refractivity contribution < 1.29 is 14.8 Å². The zero-order valence-corrected chi connectivity index (χ0v) is 10.3. The van der Waals surface area contributed by atoms with Crippen LogP contribution in [-0.2, 0) is 4.79 Å². The second-order valence-electron chi connectivity index (χ2n) is 4.45. The molecule has 3 N–H and O–H groups in total. The molecule has 0 saturated carbocycles. The van der Waals surface area contributed by atoms with Crippen molar-refractivity contribution >= 4 is 17.3 Å². The van der Waals surface area contributed by atoms with Gasteiger partial charge in [0.15, 0.2) is 0 Å². The summed E-state index contributed by atoms with van der Waals surface area (Å²) in [5.41, 5.74) is -0.0331. The van der Waals surface area contributed by atoms with Crippen LogP contribution in [0.2, 0.25) is 0 Å². The van der Waals surface area contributed by atoms with E-state index in [4.69, 9.17) is 0 Å². The Hall–Kier alpha value is -2.15. The Bertz CT molecular complexity index is 498. The molecule has 1 aliphatic rings. The number of non-ortho nitro benzene ring substituents is 1. The third kappa shape index (κ3) is 3.19. The number of nitro benzene ring substituents is 1. The third-order valence-electron chi connectivity index (χ3n) is 3.08. The van der Waals surface area contributed by atoms with Crippen LogP contribution in [0, 0.1) is 10.1 Å². The summed E-state index contributed by atoms with van der Waals surface area (Å²) >= 11 is 0. The van der Waals surface area contributed by atoms with Gasteiger partial charge in [0, 0.05) is 6.07 Å². The van der Waals surface area contributed by atoms with Crippen molar-refractivity contribution in [2.45, 2.75) is 25.3 Å². The highest BCUT2D eigenvalue weighted by Crippen LogP contribution is 2.28. The number of amides is 1. The number of rotatable bonds is 3. The van der Waals surface area contributed by atoms with Crippen LogP contribution in [0.15, 0.2) is 18.2 Å². The molecule has 1 aliphatic heterocycles. The quantitative estimate of drug-likeness (QED) is 0.435. The van der Waals surface area contributed by atoms with Gasteiger partial charge < -0.3 is 15.7 Å². The van der Waals surface area contributed by atoms with E-state index in [1.165, 1.54) is 12.1 Å². The summed E-state index contributed by atoms with van der Waals surface area (Å²) < 4.78 is 0. The van der Waals surface area contributed by atoms with Gasteiger partial charge in [-0.25, -0.2) is 0 Å². The van der Waals surface area contributed by atoms with E-state index >= 15 is 0 Å². The number of carbonyl (C=O) groups is 1. The van der Waals surface area contributed by atoms with Crippen molar-refractivity contribution in [2.24, 2.45) is 0 Å². The number of nitrogens with zero attached hydrogens (tertiary/aromatic N) is 1. The van der Waals surface area contributed by atoms with Crippen molar-refractivity contribution in [1.82, 2.24) is 5.32 Å². The Balaban J connectivity index is 2.06. The number of carbonyl (C=O) groups excluding carboxylic acids is 1. The van der Waals surface area contributed by atoms with Crippen LogP contribution in [0.4, 0.5) is 11.4 Å². The van der Waals surface area contributed by atoms with E-state index < -0.39 is 4.92 Å². The van der Waals surface area contributed by atoms with Gasteiger partial charge in [-0.3, -0.25) is 14.9 Å². The monoisotopic (exact) mass is 265 g/mol. The van der Waals surface area contributed by atoms with E-state index in [0.29, 0.717) is 0 Å². The summed E-state index contributed by atoms with van der Waals surface area (Å²) in [5, 5.41) is 25.8. The molecular weight excluding hydrogens is 250 g/mol. The van der Waals surface area contributed by atoms with Crippen molar-refractivity contribution in [3.05, 3.63) is 28.3 Å². The topological polar surface area (TPSA) is 104 Å². The molecule has 0 spiro atoms. The average molecular weight is 265 g/mol. The SMILES string of the molecule is O=C(Nc1ccc([N+](=O)[O-])cc1O)[C@H]1CCCCN1. The maximum atomic E-state index is 11.9. The number of aromatic hydroxyl groups is 1. The highest BCUT2D eigenvalue weighted by Gasteiger charge is 2.21. The standard InChI is InChI=1S/C12H15N3O4/c16-11-7-8(15(18)19)4-5-9(11)14-12(17)10-3-1-2-6-13-10/h4-5,7,10,13,16H,1-3,6H2,(H,14,17)/t10-/m1/s1. The average Bonchev–Trinajstić information content (AvgIpc) is 2.41. The minimum Gasteiger partial charge on any atom is -0.506 e. The minimum absolute atomic E-state index is 0.183. The number of phenolic OH excluding ortho intramolecular Hbond substituents is 1. The summed E-state index contributed by atoms with van der Waals surface area (Å²) in [7, 11) is 0. The van der Waals surface area contributed by atoms with Crippen molar-refractivity contribution in [3.8, 4) is 5.75 Å². The van der Waals surface area contributed by atoms with Crippen LogP contribution in [0.3, 0.4) is 0 Å². The lowest BCUT2D eigenvalue weighted by Gasteiger charge is -2.22. The van der Waals surface area contributed by atoms with E-state index in [9.17, 15) is 20.0 Å². The molecule has 19 heavy (non-hydrogen) atoms. The lowest BCUT2D eigenvalue weighted by molar-refractivity contribution is -0.384. The molecule has 7 nitrogen and oxygen atoms in total. The molecule has 1 fully saturated rings.